The Kier molecular flexibility index (Phi) is 3.93. The van der Waals surface area contributed by atoms with E-state index in [2.05, 4.69) is 15.9 Å². The van der Waals surface area contributed by atoms with Gasteiger partial charge in [0.15, 0.2) is 0 Å². The molecule has 2 N–H and O–H groups in total. The van der Waals surface area contributed by atoms with Gasteiger partial charge in [-0.2, -0.15) is 0 Å². The quantitative estimate of drug-likeness (QED) is 0.895. The van der Waals surface area contributed by atoms with Crippen LogP contribution >= 0.6 is 27.7 Å². The molecule has 92 valence electrons. The van der Waals surface area contributed by atoms with Crippen molar-refractivity contribution in [3.63, 3.8) is 0 Å². The molecule has 0 saturated carbocycles. The molecule has 0 radical (unpaired) electrons. The van der Waals surface area contributed by atoms with Gasteiger partial charge in [-0.1, -0.05) is 11.8 Å². The van der Waals surface area contributed by atoms with Gasteiger partial charge in [-0.25, -0.2) is 4.79 Å². The van der Waals surface area contributed by atoms with Crippen molar-refractivity contribution in [3.8, 4) is 5.75 Å². The van der Waals surface area contributed by atoms with E-state index in [1.165, 1.54) is 11.8 Å². The Balaban J connectivity index is 2.27. The zero-order chi connectivity index (χ0) is 13.1. The Morgan fingerprint density at radius 1 is 1.06 bits per heavy atom. The highest BCUT2D eigenvalue weighted by molar-refractivity contribution is 9.10. The minimum Gasteiger partial charge on any atom is -0.508 e. The summed E-state index contributed by atoms with van der Waals surface area (Å²) in [4.78, 5) is 12.8. The normalized spacial score (nSPS) is 10.3. The predicted molar refractivity (Wildman–Crippen MR) is 73.3 cm³/mol. The number of benzene rings is 2. The van der Waals surface area contributed by atoms with Crippen LogP contribution < -0.4 is 0 Å². The number of aromatic hydroxyl groups is 1. The van der Waals surface area contributed by atoms with Crippen molar-refractivity contribution in [2.45, 2.75) is 9.79 Å². The van der Waals surface area contributed by atoms with Crippen LogP contribution in [0.1, 0.15) is 10.4 Å². The van der Waals surface area contributed by atoms with E-state index in [-0.39, 0.29) is 11.3 Å². The summed E-state index contributed by atoms with van der Waals surface area (Å²) < 4.78 is 0.560. The Morgan fingerprint density at radius 3 is 2.28 bits per heavy atom. The lowest BCUT2D eigenvalue weighted by Crippen LogP contribution is -1.97. The van der Waals surface area contributed by atoms with Gasteiger partial charge in [0, 0.05) is 14.3 Å². The molecule has 5 heteroatoms. The van der Waals surface area contributed by atoms with Crippen molar-refractivity contribution in [3.05, 3.63) is 52.5 Å². The second kappa shape index (κ2) is 5.46. The van der Waals surface area contributed by atoms with Crippen LogP contribution in [0.4, 0.5) is 0 Å². The number of aromatic carboxylic acids is 1. The van der Waals surface area contributed by atoms with Crippen molar-refractivity contribution in [2.75, 3.05) is 0 Å². The number of rotatable bonds is 3. The SMILES string of the molecule is O=C(O)c1cc(Sc2ccc(O)cc2)ccc1Br. The van der Waals surface area contributed by atoms with Gasteiger partial charge in [-0.3, -0.25) is 0 Å². The van der Waals surface area contributed by atoms with E-state index in [0.717, 1.165) is 9.79 Å². The van der Waals surface area contributed by atoms with Gasteiger partial charge in [-0.15, -0.1) is 0 Å². The molecule has 0 aromatic heterocycles. The Bertz CT molecular complexity index is 581. The highest BCUT2D eigenvalue weighted by atomic mass is 79.9. The minimum atomic E-state index is -0.963. The number of hydrogen-bond acceptors (Lipinski definition) is 3. The lowest BCUT2D eigenvalue weighted by molar-refractivity contribution is 0.0695. The van der Waals surface area contributed by atoms with Crippen molar-refractivity contribution in [1.82, 2.24) is 0 Å². The largest absolute Gasteiger partial charge is 0.508 e. The summed E-state index contributed by atoms with van der Waals surface area (Å²) in [5, 5.41) is 18.2. The van der Waals surface area contributed by atoms with E-state index < -0.39 is 5.97 Å². The van der Waals surface area contributed by atoms with Gasteiger partial charge in [0.2, 0.25) is 0 Å². The van der Waals surface area contributed by atoms with Gasteiger partial charge < -0.3 is 10.2 Å². The van der Waals surface area contributed by atoms with Crippen LogP contribution in [0, 0.1) is 0 Å². The number of carboxylic acids is 1. The minimum absolute atomic E-state index is 0.210. The zero-order valence-corrected chi connectivity index (χ0v) is 11.5. The third kappa shape index (κ3) is 3.05. The van der Waals surface area contributed by atoms with Gasteiger partial charge in [0.1, 0.15) is 5.75 Å². The Morgan fingerprint density at radius 2 is 1.67 bits per heavy atom. The van der Waals surface area contributed by atoms with Gasteiger partial charge in [0.25, 0.3) is 0 Å². The maximum atomic E-state index is 11.0. The molecule has 0 atom stereocenters. The van der Waals surface area contributed by atoms with E-state index in [1.54, 1.807) is 36.4 Å². The molecule has 0 unspecified atom stereocenters. The van der Waals surface area contributed by atoms with E-state index in [9.17, 15) is 9.90 Å². The smallest absolute Gasteiger partial charge is 0.336 e. The molecule has 2 aromatic rings. The first-order valence-electron chi connectivity index (χ1n) is 5.06. The third-order valence-corrected chi connectivity index (χ3v) is 3.93. The number of phenols is 1. The molecule has 0 saturated heterocycles. The average molecular weight is 325 g/mol. The number of carboxylic acid groups (broad SMARTS) is 1. The zero-order valence-electron chi connectivity index (χ0n) is 9.13. The van der Waals surface area contributed by atoms with Gasteiger partial charge in [0.05, 0.1) is 5.56 Å². The lowest BCUT2D eigenvalue weighted by Gasteiger charge is -2.04. The molecule has 0 aliphatic rings. The summed E-state index contributed by atoms with van der Waals surface area (Å²) in [6.45, 7) is 0. The number of halogens is 1. The first-order chi connectivity index (χ1) is 8.56. The molecule has 0 aliphatic heterocycles. The highest BCUT2D eigenvalue weighted by Gasteiger charge is 2.09. The highest BCUT2D eigenvalue weighted by Crippen LogP contribution is 2.31. The van der Waals surface area contributed by atoms with E-state index in [4.69, 9.17) is 5.11 Å². The van der Waals surface area contributed by atoms with Crippen LogP contribution in [-0.2, 0) is 0 Å². The lowest BCUT2D eigenvalue weighted by atomic mass is 10.2. The van der Waals surface area contributed by atoms with Crippen molar-refractivity contribution in [2.24, 2.45) is 0 Å². The van der Waals surface area contributed by atoms with Gasteiger partial charge in [-0.05, 0) is 58.4 Å². The molecule has 18 heavy (non-hydrogen) atoms. The molecule has 3 nitrogen and oxygen atoms in total. The molecule has 2 aromatic carbocycles. The molecular formula is C13H9BrO3S. The molecule has 0 aliphatic carbocycles. The van der Waals surface area contributed by atoms with Crippen molar-refractivity contribution in [1.29, 1.82) is 0 Å². The van der Waals surface area contributed by atoms with Crippen LogP contribution in [0.3, 0.4) is 0 Å². The fourth-order valence-electron chi connectivity index (χ4n) is 1.38. The first-order valence-corrected chi connectivity index (χ1v) is 6.67. The first kappa shape index (κ1) is 13.0. The molecule has 0 heterocycles. The Hall–Kier alpha value is -1.46. The molecule has 0 amide bonds. The standard InChI is InChI=1S/C13H9BrO3S/c14-12-6-5-10(7-11(12)13(16)17)18-9-3-1-8(15)2-4-9/h1-7,15H,(H,16,17). The van der Waals surface area contributed by atoms with Crippen LogP contribution in [0.25, 0.3) is 0 Å². The number of phenolic OH excluding ortho intramolecular Hbond substituents is 1. The summed E-state index contributed by atoms with van der Waals surface area (Å²) in [6, 6.07) is 11.9. The summed E-state index contributed by atoms with van der Waals surface area (Å²) in [5.74, 6) is -0.753. The van der Waals surface area contributed by atoms with Crippen molar-refractivity contribution < 1.29 is 15.0 Å². The second-order valence-corrected chi connectivity index (χ2v) is 5.54. The average Bonchev–Trinajstić information content (AvgIpc) is 2.34. The molecule has 2 rings (SSSR count). The fourth-order valence-corrected chi connectivity index (χ4v) is 2.66. The van der Waals surface area contributed by atoms with Gasteiger partial charge >= 0.3 is 5.97 Å². The van der Waals surface area contributed by atoms with E-state index in [0.29, 0.717) is 4.47 Å². The number of carbonyl (C=O) groups is 1. The van der Waals surface area contributed by atoms with Crippen LogP contribution in [-0.4, -0.2) is 16.2 Å². The summed E-state index contributed by atoms with van der Waals surface area (Å²) in [6.07, 6.45) is 0. The fraction of sp³-hybridized carbons (Fsp3) is 0. The maximum absolute atomic E-state index is 11.0. The second-order valence-electron chi connectivity index (χ2n) is 3.54. The molecule has 0 bridgehead atoms. The third-order valence-electron chi connectivity index (χ3n) is 2.24. The van der Waals surface area contributed by atoms with Crippen LogP contribution in [0.5, 0.6) is 5.75 Å². The van der Waals surface area contributed by atoms with Crippen molar-refractivity contribution >= 4 is 33.7 Å². The molecular weight excluding hydrogens is 316 g/mol. The van der Waals surface area contributed by atoms with E-state index >= 15 is 0 Å². The topological polar surface area (TPSA) is 57.5 Å². The monoisotopic (exact) mass is 324 g/mol. The number of hydrogen-bond donors (Lipinski definition) is 2. The maximum Gasteiger partial charge on any atom is 0.336 e. The molecule has 0 fully saturated rings. The van der Waals surface area contributed by atoms with Crippen LogP contribution in [0.15, 0.2) is 56.7 Å². The summed E-state index contributed by atoms with van der Waals surface area (Å²) >= 11 is 4.64. The predicted octanol–water partition coefficient (Wildman–Crippen LogP) is 4.00. The van der Waals surface area contributed by atoms with Crippen LogP contribution in [0.2, 0.25) is 0 Å². The molecule has 0 spiro atoms. The summed E-state index contributed by atoms with van der Waals surface area (Å²) in [5.41, 5.74) is 0.235. The van der Waals surface area contributed by atoms with E-state index in [1.807, 2.05) is 6.07 Å². The summed E-state index contributed by atoms with van der Waals surface area (Å²) in [7, 11) is 0. The Labute approximate surface area is 117 Å².